The second-order valence-electron chi connectivity index (χ2n) is 11.0. The van der Waals surface area contributed by atoms with Gasteiger partial charge >= 0.3 is 17.9 Å². The number of ketones is 2. The first-order valence-electron chi connectivity index (χ1n) is 12.3. The van der Waals surface area contributed by atoms with Gasteiger partial charge < -0.3 is 14.2 Å². The fourth-order valence-corrected chi connectivity index (χ4v) is 7.81. The zero-order valence-electron chi connectivity index (χ0n) is 21.1. The summed E-state index contributed by atoms with van der Waals surface area (Å²) in [7, 11) is 0. The first-order chi connectivity index (χ1) is 16.3. The summed E-state index contributed by atoms with van der Waals surface area (Å²) in [6.45, 7) is 7.42. The lowest BCUT2D eigenvalue weighted by molar-refractivity contribution is -0.205. The van der Waals surface area contributed by atoms with Crippen molar-refractivity contribution in [3.05, 3.63) is 23.8 Å². The molecule has 1 unspecified atom stereocenters. The van der Waals surface area contributed by atoms with Crippen LogP contribution < -0.4 is 0 Å². The van der Waals surface area contributed by atoms with Crippen LogP contribution in [0.4, 0.5) is 0 Å². The predicted molar refractivity (Wildman–Crippen MR) is 124 cm³/mol. The van der Waals surface area contributed by atoms with Gasteiger partial charge in [-0.15, -0.1) is 0 Å². The lowest BCUT2D eigenvalue weighted by atomic mass is 9.46. The Labute approximate surface area is 205 Å². The van der Waals surface area contributed by atoms with Crippen molar-refractivity contribution in [3.63, 3.8) is 0 Å². The number of carbonyl (C=O) groups excluding carboxylic acids is 5. The molecule has 4 rings (SSSR count). The van der Waals surface area contributed by atoms with Crippen LogP contribution in [-0.2, 0) is 38.2 Å². The maximum Gasteiger partial charge on any atom is 0.303 e. The highest BCUT2D eigenvalue weighted by Crippen LogP contribution is 2.68. The molecule has 0 heterocycles. The molecule has 0 bridgehead atoms. The smallest absolute Gasteiger partial charge is 0.303 e. The van der Waals surface area contributed by atoms with Crippen molar-refractivity contribution in [1.82, 2.24) is 0 Å². The number of fused-ring (bicyclic) bond motifs is 5. The van der Waals surface area contributed by atoms with Crippen LogP contribution in [0.1, 0.15) is 66.7 Å². The Hall–Kier alpha value is -2.77. The van der Waals surface area contributed by atoms with Gasteiger partial charge in [-0.25, -0.2) is 0 Å². The van der Waals surface area contributed by atoms with E-state index in [-0.39, 0.29) is 23.5 Å². The van der Waals surface area contributed by atoms with Crippen LogP contribution in [0, 0.1) is 28.6 Å². The van der Waals surface area contributed by atoms with Gasteiger partial charge in [0.2, 0.25) is 5.78 Å². The molecule has 0 amide bonds. The fraction of sp³-hybridized carbons (Fsp3) is 0.667. The predicted octanol–water partition coefficient (Wildman–Crippen LogP) is 3.27. The SMILES string of the molecule is CC(=O)OCC(=O)[C@@]1(OC(C)=O)CC[C@H]2[C@@H]3CCC4=CC(=O)C=C[C@]4(C)[C@H]3C(OC(C)=O)C[C@@]21C. The van der Waals surface area contributed by atoms with E-state index in [1.165, 1.54) is 20.8 Å². The quantitative estimate of drug-likeness (QED) is 0.430. The van der Waals surface area contributed by atoms with Gasteiger partial charge in [0.1, 0.15) is 6.10 Å². The van der Waals surface area contributed by atoms with E-state index in [9.17, 15) is 24.0 Å². The average molecular weight is 487 g/mol. The van der Waals surface area contributed by atoms with Gasteiger partial charge in [-0.1, -0.05) is 25.5 Å². The zero-order valence-corrected chi connectivity index (χ0v) is 21.1. The largest absolute Gasteiger partial charge is 0.462 e. The molecule has 4 aliphatic rings. The van der Waals surface area contributed by atoms with Crippen molar-refractivity contribution in [2.75, 3.05) is 6.61 Å². The van der Waals surface area contributed by atoms with E-state index in [2.05, 4.69) is 6.92 Å². The number of carbonyl (C=O) groups is 5. The Bertz CT molecular complexity index is 1040. The Balaban J connectivity index is 1.80. The van der Waals surface area contributed by atoms with E-state index in [0.29, 0.717) is 19.3 Å². The van der Waals surface area contributed by atoms with Crippen molar-refractivity contribution < 1.29 is 38.2 Å². The molecule has 190 valence electrons. The van der Waals surface area contributed by atoms with Crippen molar-refractivity contribution in [3.8, 4) is 0 Å². The van der Waals surface area contributed by atoms with Crippen LogP contribution in [0.5, 0.6) is 0 Å². The molecule has 8 heteroatoms. The third kappa shape index (κ3) is 3.95. The molecule has 3 fully saturated rings. The van der Waals surface area contributed by atoms with Crippen molar-refractivity contribution in [2.24, 2.45) is 28.6 Å². The van der Waals surface area contributed by atoms with Crippen LogP contribution in [0.3, 0.4) is 0 Å². The molecule has 0 aromatic rings. The molecular formula is C27H34O8. The number of rotatable bonds is 5. The normalized spacial score (nSPS) is 39.5. The maximum atomic E-state index is 13.6. The van der Waals surface area contributed by atoms with Crippen LogP contribution in [0.25, 0.3) is 0 Å². The highest BCUT2D eigenvalue weighted by Gasteiger charge is 2.71. The van der Waals surface area contributed by atoms with E-state index in [1.54, 1.807) is 12.2 Å². The van der Waals surface area contributed by atoms with Gasteiger partial charge in [-0.2, -0.15) is 0 Å². The summed E-state index contributed by atoms with van der Waals surface area (Å²) in [5, 5.41) is 0. The molecule has 0 saturated heterocycles. The number of Topliss-reactive ketones (excluding diaryl/α,β-unsaturated/α-hetero) is 1. The summed E-state index contributed by atoms with van der Waals surface area (Å²) >= 11 is 0. The number of esters is 3. The van der Waals surface area contributed by atoms with Crippen LogP contribution in [0.15, 0.2) is 23.8 Å². The van der Waals surface area contributed by atoms with Crippen LogP contribution >= 0.6 is 0 Å². The third-order valence-corrected chi connectivity index (χ3v) is 9.09. The first kappa shape index (κ1) is 25.3. The fourth-order valence-electron chi connectivity index (χ4n) is 7.81. The molecule has 0 aliphatic heterocycles. The van der Waals surface area contributed by atoms with E-state index >= 15 is 0 Å². The highest BCUT2D eigenvalue weighted by molar-refractivity contribution is 6.01. The Morgan fingerprint density at radius 1 is 1.03 bits per heavy atom. The van der Waals surface area contributed by atoms with Gasteiger partial charge in [0, 0.05) is 37.5 Å². The summed E-state index contributed by atoms with van der Waals surface area (Å²) in [5.74, 6) is -2.05. The molecule has 7 atom stereocenters. The molecule has 0 N–H and O–H groups in total. The van der Waals surface area contributed by atoms with Gasteiger partial charge in [-0.3, -0.25) is 24.0 Å². The topological polar surface area (TPSA) is 113 Å². The minimum Gasteiger partial charge on any atom is -0.462 e. The monoisotopic (exact) mass is 486 g/mol. The lowest BCUT2D eigenvalue weighted by Gasteiger charge is -2.60. The number of hydrogen-bond acceptors (Lipinski definition) is 8. The van der Waals surface area contributed by atoms with Crippen molar-refractivity contribution in [1.29, 1.82) is 0 Å². The average Bonchev–Trinajstić information content (AvgIpc) is 3.04. The zero-order chi connectivity index (χ0) is 25.8. The second kappa shape index (κ2) is 8.71. The minimum atomic E-state index is -1.47. The molecule has 4 aliphatic carbocycles. The van der Waals surface area contributed by atoms with E-state index < -0.39 is 52.8 Å². The Kier molecular flexibility index (Phi) is 6.31. The van der Waals surface area contributed by atoms with Crippen molar-refractivity contribution in [2.45, 2.75) is 78.4 Å². The molecule has 0 spiro atoms. The second-order valence-corrected chi connectivity index (χ2v) is 11.0. The van der Waals surface area contributed by atoms with Gasteiger partial charge in [0.25, 0.3) is 0 Å². The Morgan fingerprint density at radius 3 is 2.37 bits per heavy atom. The first-order valence-corrected chi connectivity index (χ1v) is 12.3. The van der Waals surface area contributed by atoms with Gasteiger partial charge in [0.05, 0.1) is 0 Å². The maximum absolute atomic E-state index is 13.6. The van der Waals surface area contributed by atoms with Crippen LogP contribution in [0.2, 0.25) is 0 Å². The highest BCUT2D eigenvalue weighted by atomic mass is 16.6. The summed E-state index contributed by atoms with van der Waals surface area (Å²) < 4.78 is 16.8. The molecular weight excluding hydrogens is 452 g/mol. The van der Waals surface area contributed by atoms with Crippen molar-refractivity contribution >= 4 is 29.5 Å². The summed E-state index contributed by atoms with van der Waals surface area (Å²) in [6, 6.07) is 0. The third-order valence-electron chi connectivity index (χ3n) is 9.09. The molecule has 8 nitrogen and oxygen atoms in total. The summed E-state index contributed by atoms with van der Waals surface area (Å²) in [5.41, 5.74) is -1.70. The summed E-state index contributed by atoms with van der Waals surface area (Å²) in [6.07, 6.45) is 7.50. The molecule has 0 radical (unpaired) electrons. The molecule has 35 heavy (non-hydrogen) atoms. The minimum absolute atomic E-state index is 0.0179. The molecule has 0 aromatic heterocycles. The standard InChI is InChI=1S/C27H34O8/c1-15(28)33-14-23(32)27(35-17(3)30)11-9-21-20-7-6-18-12-19(31)8-10-25(18,4)24(20)22(34-16(2)29)13-26(21,27)5/h8,10,12,20-22,24H,6-7,9,11,13-14H2,1-5H3/t20-,21-,22?,24+,25-,26-,27-/m0/s1. The number of ether oxygens (including phenoxy) is 3. The van der Waals surface area contributed by atoms with Crippen LogP contribution in [-0.4, -0.2) is 47.8 Å². The van der Waals surface area contributed by atoms with E-state index in [1.807, 2.05) is 13.0 Å². The Morgan fingerprint density at radius 2 is 1.74 bits per heavy atom. The van der Waals surface area contributed by atoms with Gasteiger partial charge in [0.15, 0.2) is 18.0 Å². The lowest BCUT2D eigenvalue weighted by Crippen LogP contribution is -2.63. The van der Waals surface area contributed by atoms with Gasteiger partial charge in [-0.05, 0) is 56.1 Å². The molecule has 3 saturated carbocycles. The summed E-state index contributed by atoms with van der Waals surface area (Å²) in [4.78, 5) is 61.6. The number of hydrogen-bond donors (Lipinski definition) is 0. The van der Waals surface area contributed by atoms with E-state index in [0.717, 1.165) is 18.4 Å². The van der Waals surface area contributed by atoms with E-state index in [4.69, 9.17) is 14.2 Å². The number of allylic oxidation sites excluding steroid dienone is 4. The molecule has 0 aromatic carbocycles.